The SMILES string of the molecule is COCCCc1nc(NN)c2ccsc2n1. The molecule has 5 nitrogen and oxygen atoms in total. The van der Waals surface area contributed by atoms with Crippen LogP contribution in [-0.4, -0.2) is 23.7 Å². The summed E-state index contributed by atoms with van der Waals surface area (Å²) >= 11 is 1.59. The molecule has 2 rings (SSSR count). The van der Waals surface area contributed by atoms with Crippen LogP contribution in [0.4, 0.5) is 5.82 Å². The van der Waals surface area contributed by atoms with Gasteiger partial charge in [-0.15, -0.1) is 11.3 Å². The van der Waals surface area contributed by atoms with Crippen LogP contribution >= 0.6 is 11.3 Å². The Kier molecular flexibility index (Phi) is 3.66. The number of aryl methyl sites for hydroxylation is 1. The Bertz CT molecular complexity index is 471. The first-order valence-corrected chi connectivity index (χ1v) is 5.93. The third-order valence-corrected chi connectivity index (χ3v) is 3.06. The Balaban J connectivity index is 2.25. The molecule has 0 spiro atoms. The van der Waals surface area contributed by atoms with E-state index in [4.69, 9.17) is 10.6 Å². The summed E-state index contributed by atoms with van der Waals surface area (Å²) in [6.07, 6.45) is 1.72. The fourth-order valence-electron chi connectivity index (χ4n) is 1.50. The molecule has 2 heterocycles. The maximum Gasteiger partial charge on any atom is 0.152 e. The van der Waals surface area contributed by atoms with Gasteiger partial charge in [0, 0.05) is 20.1 Å². The summed E-state index contributed by atoms with van der Waals surface area (Å²) in [6, 6.07) is 1.97. The first-order chi connectivity index (χ1) is 7.85. The Labute approximate surface area is 97.6 Å². The molecular formula is C10H14N4OS. The van der Waals surface area contributed by atoms with Gasteiger partial charge in [-0.3, -0.25) is 0 Å². The van der Waals surface area contributed by atoms with E-state index < -0.39 is 0 Å². The van der Waals surface area contributed by atoms with Gasteiger partial charge in [-0.1, -0.05) is 0 Å². The number of hydrogen-bond donors (Lipinski definition) is 2. The van der Waals surface area contributed by atoms with Crippen molar-refractivity contribution in [2.75, 3.05) is 19.1 Å². The number of fused-ring (bicyclic) bond motifs is 1. The van der Waals surface area contributed by atoms with Crippen LogP contribution in [0.2, 0.25) is 0 Å². The highest BCUT2D eigenvalue weighted by molar-refractivity contribution is 7.16. The summed E-state index contributed by atoms with van der Waals surface area (Å²) in [5.74, 6) is 6.94. The average molecular weight is 238 g/mol. The van der Waals surface area contributed by atoms with E-state index in [2.05, 4.69) is 15.4 Å². The van der Waals surface area contributed by atoms with Crippen molar-refractivity contribution in [3.63, 3.8) is 0 Å². The van der Waals surface area contributed by atoms with Crippen molar-refractivity contribution in [2.24, 2.45) is 5.84 Å². The zero-order valence-electron chi connectivity index (χ0n) is 9.06. The number of anilines is 1. The third-order valence-electron chi connectivity index (χ3n) is 2.26. The molecule has 0 fully saturated rings. The minimum atomic E-state index is 0.693. The van der Waals surface area contributed by atoms with Crippen molar-refractivity contribution in [2.45, 2.75) is 12.8 Å². The van der Waals surface area contributed by atoms with E-state index in [0.717, 1.165) is 35.5 Å². The van der Waals surface area contributed by atoms with Gasteiger partial charge in [0.2, 0.25) is 0 Å². The Hall–Kier alpha value is -1.24. The molecule has 0 amide bonds. The van der Waals surface area contributed by atoms with Gasteiger partial charge in [-0.2, -0.15) is 0 Å². The van der Waals surface area contributed by atoms with E-state index in [1.807, 2.05) is 11.4 Å². The molecular weight excluding hydrogens is 224 g/mol. The summed E-state index contributed by atoms with van der Waals surface area (Å²) in [5, 5.41) is 2.96. The van der Waals surface area contributed by atoms with Gasteiger partial charge in [0.15, 0.2) is 5.82 Å². The molecule has 3 N–H and O–H groups in total. The van der Waals surface area contributed by atoms with Crippen LogP contribution in [0.15, 0.2) is 11.4 Å². The first-order valence-electron chi connectivity index (χ1n) is 5.05. The monoisotopic (exact) mass is 238 g/mol. The second-order valence-corrected chi connectivity index (χ2v) is 4.26. The number of hydrazine groups is 1. The maximum atomic E-state index is 5.44. The van der Waals surface area contributed by atoms with Crippen LogP contribution in [0.25, 0.3) is 10.2 Å². The minimum absolute atomic E-state index is 0.693. The summed E-state index contributed by atoms with van der Waals surface area (Å²) in [7, 11) is 1.69. The Morgan fingerprint density at radius 3 is 3.12 bits per heavy atom. The molecule has 0 unspecified atom stereocenters. The summed E-state index contributed by atoms with van der Waals surface area (Å²) in [4.78, 5) is 9.81. The fraction of sp³-hybridized carbons (Fsp3) is 0.400. The van der Waals surface area contributed by atoms with Crippen LogP contribution in [0.1, 0.15) is 12.2 Å². The van der Waals surface area contributed by atoms with Crippen molar-refractivity contribution in [1.82, 2.24) is 9.97 Å². The topological polar surface area (TPSA) is 73.1 Å². The van der Waals surface area contributed by atoms with Gasteiger partial charge in [0.25, 0.3) is 0 Å². The lowest BCUT2D eigenvalue weighted by molar-refractivity contribution is 0.194. The molecule has 0 atom stereocenters. The second-order valence-electron chi connectivity index (χ2n) is 3.37. The molecule has 2 aromatic rings. The van der Waals surface area contributed by atoms with Gasteiger partial charge >= 0.3 is 0 Å². The number of nitrogen functional groups attached to an aromatic ring is 1. The van der Waals surface area contributed by atoms with E-state index in [1.165, 1.54) is 0 Å². The highest BCUT2D eigenvalue weighted by atomic mass is 32.1. The van der Waals surface area contributed by atoms with Gasteiger partial charge in [-0.05, 0) is 17.9 Å². The number of ether oxygens (including phenoxy) is 1. The lowest BCUT2D eigenvalue weighted by Crippen LogP contribution is -2.11. The molecule has 6 heteroatoms. The van der Waals surface area contributed by atoms with Gasteiger partial charge in [0.05, 0.1) is 5.39 Å². The first kappa shape index (κ1) is 11.3. The van der Waals surface area contributed by atoms with Crippen molar-refractivity contribution in [3.05, 3.63) is 17.3 Å². The molecule has 0 aromatic carbocycles. The summed E-state index contributed by atoms with van der Waals surface area (Å²) in [5.41, 5.74) is 2.61. The van der Waals surface area contributed by atoms with E-state index in [-0.39, 0.29) is 0 Å². The van der Waals surface area contributed by atoms with Crippen molar-refractivity contribution in [3.8, 4) is 0 Å². The van der Waals surface area contributed by atoms with E-state index >= 15 is 0 Å². The molecule has 0 bridgehead atoms. The summed E-state index contributed by atoms with van der Waals surface area (Å²) in [6.45, 7) is 0.719. The van der Waals surface area contributed by atoms with Gasteiger partial charge < -0.3 is 10.2 Å². The second kappa shape index (κ2) is 5.20. The molecule has 2 aromatic heterocycles. The lowest BCUT2D eigenvalue weighted by atomic mass is 10.3. The zero-order chi connectivity index (χ0) is 11.4. The number of nitrogens with one attached hydrogen (secondary N) is 1. The number of thiophene rings is 1. The number of aromatic nitrogens is 2. The van der Waals surface area contributed by atoms with Crippen molar-refractivity contribution >= 4 is 27.4 Å². The van der Waals surface area contributed by atoms with Crippen LogP contribution < -0.4 is 11.3 Å². The molecule has 0 saturated heterocycles. The fourth-order valence-corrected chi connectivity index (χ4v) is 2.28. The van der Waals surface area contributed by atoms with E-state index in [1.54, 1.807) is 18.4 Å². The quantitative estimate of drug-likeness (QED) is 0.470. The normalized spacial score (nSPS) is 10.9. The average Bonchev–Trinajstić information content (AvgIpc) is 2.76. The molecule has 0 radical (unpaired) electrons. The maximum absolute atomic E-state index is 5.44. The highest BCUT2D eigenvalue weighted by Crippen LogP contribution is 2.24. The van der Waals surface area contributed by atoms with Crippen LogP contribution in [0.3, 0.4) is 0 Å². The Morgan fingerprint density at radius 2 is 2.38 bits per heavy atom. The molecule has 0 aliphatic heterocycles. The smallest absolute Gasteiger partial charge is 0.152 e. The molecule has 16 heavy (non-hydrogen) atoms. The number of nitrogens with zero attached hydrogens (tertiary/aromatic N) is 2. The third kappa shape index (κ3) is 2.29. The van der Waals surface area contributed by atoms with Crippen LogP contribution in [0, 0.1) is 0 Å². The van der Waals surface area contributed by atoms with Gasteiger partial charge in [0.1, 0.15) is 10.7 Å². The largest absolute Gasteiger partial charge is 0.385 e. The predicted octanol–water partition coefficient (Wildman–Crippen LogP) is 1.56. The number of hydrogen-bond acceptors (Lipinski definition) is 6. The van der Waals surface area contributed by atoms with Gasteiger partial charge in [-0.25, -0.2) is 15.8 Å². The number of nitrogens with two attached hydrogens (primary N) is 1. The molecule has 0 saturated carbocycles. The number of rotatable bonds is 5. The standard InChI is InChI=1S/C10H14N4OS/c1-15-5-2-3-8-12-9(14-11)7-4-6-16-10(7)13-8/h4,6H,2-3,5,11H2,1H3,(H,12,13,14). The molecule has 0 aliphatic rings. The highest BCUT2D eigenvalue weighted by Gasteiger charge is 2.07. The van der Waals surface area contributed by atoms with Crippen LogP contribution in [0.5, 0.6) is 0 Å². The molecule has 0 aliphatic carbocycles. The molecule has 86 valence electrons. The lowest BCUT2D eigenvalue weighted by Gasteiger charge is -2.04. The van der Waals surface area contributed by atoms with Crippen LogP contribution in [-0.2, 0) is 11.2 Å². The minimum Gasteiger partial charge on any atom is -0.385 e. The van der Waals surface area contributed by atoms with E-state index in [9.17, 15) is 0 Å². The Morgan fingerprint density at radius 1 is 1.50 bits per heavy atom. The van der Waals surface area contributed by atoms with E-state index in [0.29, 0.717) is 5.82 Å². The van der Waals surface area contributed by atoms with Crippen molar-refractivity contribution < 1.29 is 4.74 Å². The predicted molar refractivity (Wildman–Crippen MR) is 65.4 cm³/mol. The zero-order valence-corrected chi connectivity index (χ0v) is 9.88. The summed E-state index contributed by atoms with van der Waals surface area (Å²) < 4.78 is 5.00. The number of methoxy groups -OCH3 is 1. The van der Waals surface area contributed by atoms with Crippen molar-refractivity contribution in [1.29, 1.82) is 0 Å².